The van der Waals surface area contributed by atoms with Crippen molar-refractivity contribution in [3.8, 4) is 0 Å². The summed E-state index contributed by atoms with van der Waals surface area (Å²) in [7, 11) is 1.35. The van der Waals surface area contributed by atoms with Crippen molar-refractivity contribution in [3.63, 3.8) is 0 Å². The number of hydrogen-bond donors (Lipinski definition) is 2. The van der Waals surface area contributed by atoms with Crippen LogP contribution in [0, 0.1) is 0 Å². The number of nitrogens with one attached hydrogen (secondary N) is 2. The van der Waals surface area contributed by atoms with Gasteiger partial charge in [0.2, 0.25) is 0 Å². The molecule has 1 aromatic heterocycles. The molecule has 166 valence electrons. The second kappa shape index (κ2) is 9.87. The van der Waals surface area contributed by atoms with E-state index in [1.165, 1.54) is 7.11 Å². The number of ether oxygens (including phenoxy) is 1. The molecule has 0 unspecified atom stereocenters. The Hall–Kier alpha value is -3.00. The topological polar surface area (TPSA) is 87.0 Å². The summed E-state index contributed by atoms with van der Waals surface area (Å²) >= 11 is 0. The number of furan rings is 1. The van der Waals surface area contributed by atoms with E-state index in [4.69, 9.17) is 9.15 Å². The number of anilines is 2. The zero-order valence-corrected chi connectivity index (χ0v) is 17.9. The first kappa shape index (κ1) is 21.2. The molecule has 0 saturated carbocycles. The second-order valence-electron chi connectivity index (χ2n) is 8.03. The second-order valence-corrected chi connectivity index (χ2v) is 8.03. The SMILES string of the molecule is COC(=O)c1ccc(N2CCCC2)c(NC(=O)NC[C@@H](c2ccco2)N2CCCC2)c1. The first-order chi connectivity index (χ1) is 15.2. The van der Waals surface area contributed by atoms with Gasteiger partial charge in [-0.2, -0.15) is 0 Å². The fraction of sp³-hybridized carbons (Fsp3) is 0.478. The van der Waals surface area contributed by atoms with Gasteiger partial charge in [-0.25, -0.2) is 9.59 Å². The van der Waals surface area contributed by atoms with Crippen molar-refractivity contribution >= 4 is 23.4 Å². The zero-order chi connectivity index (χ0) is 21.6. The Bertz CT molecular complexity index is 887. The Morgan fingerprint density at radius 2 is 1.84 bits per heavy atom. The van der Waals surface area contributed by atoms with Gasteiger partial charge >= 0.3 is 12.0 Å². The van der Waals surface area contributed by atoms with Crippen LogP contribution >= 0.6 is 0 Å². The predicted molar refractivity (Wildman–Crippen MR) is 119 cm³/mol. The van der Waals surface area contributed by atoms with Crippen molar-refractivity contribution in [1.82, 2.24) is 10.2 Å². The van der Waals surface area contributed by atoms with E-state index < -0.39 is 5.97 Å². The van der Waals surface area contributed by atoms with Crippen LogP contribution in [0.4, 0.5) is 16.2 Å². The summed E-state index contributed by atoms with van der Waals surface area (Å²) < 4.78 is 10.5. The molecule has 2 fully saturated rings. The fourth-order valence-electron chi connectivity index (χ4n) is 4.41. The van der Waals surface area contributed by atoms with Crippen molar-refractivity contribution in [2.24, 2.45) is 0 Å². The van der Waals surface area contributed by atoms with Crippen LogP contribution in [0.3, 0.4) is 0 Å². The summed E-state index contributed by atoms with van der Waals surface area (Å²) in [5, 5.41) is 5.94. The van der Waals surface area contributed by atoms with Gasteiger partial charge in [-0.15, -0.1) is 0 Å². The summed E-state index contributed by atoms with van der Waals surface area (Å²) in [6.45, 7) is 4.30. The maximum absolute atomic E-state index is 12.8. The number of benzene rings is 1. The van der Waals surface area contributed by atoms with Gasteiger partial charge in [0, 0.05) is 19.6 Å². The lowest BCUT2D eigenvalue weighted by Crippen LogP contribution is -2.38. The average Bonchev–Trinajstić information content (AvgIpc) is 3.57. The molecule has 1 atom stereocenters. The highest BCUT2D eigenvalue weighted by atomic mass is 16.5. The summed E-state index contributed by atoms with van der Waals surface area (Å²) in [6, 6.07) is 8.82. The third-order valence-corrected chi connectivity index (χ3v) is 6.02. The summed E-state index contributed by atoms with van der Waals surface area (Å²) in [4.78, 5) is 29.4. The standard InChI is InChI=1S/C23H30N4O4/c1-30-22(28)17-8-9-19(26-10-2-3-11-26)18(15-17)25-23(29)24-16-20(21-7-6-14-31-21)27-12-4-5-13-27/h6-9,14-15,20H,2-5,10-13,16H2,1H3,(H2,24,25,29)/t20-/m0/s1. The van der Waals surface area contributed by atoms with Gasteiger partial charge in [-0.1, -0.05) is 0 Å². The number of methoxy groups -OCH3 is 1. The van der Waals surface area contributed by atoms with Gasteiger partial charge in [0.25, 0.3) is 0 Å². The monoisotopic (exact) mass is 426 g/mol. The van der Waals surface area contributed by atoms with Crippen molar-refractivity contribution in [1.29, 1.82) is 0 Å². The van der Waals surface area contributed by atoms with Crippen molar-refractivity contribution in [2.75, 3.05) is 50.1 Å². The van der Waals surface area contributed by atoms with Gasteiger partial charge in [-0.05, 0) is 69.1 Å². The van der Waals surface area contributed by atoms with E-state index in [0.29, 0.717) is 17.8 Å². The number of carbonyl (C=O) groups is 2. The van der Waals surface area contributed by atoms with Crippen molar-refractivity contribution in [3.05, 3.63) is 47.9 Å². The zero-order valence-electron chi connectivity index (χ0n) is 17.9. The lowest BCUT2D eigenvalue weighted by Gasteiger charge is -2.26. The molecule has 2 saturated heterocycles. The largest absolute Gasteiger partial charge is 0.468 e. The normalized spacial score (nSPS) is 17.5. The van der Waals surface area contributed by atoms with Crippen molar-refractivity contribution < 1.29 is 18.7 Å². The Labute approximate surface area is 182 Å². The van der Waals surface area contributed by atoms with Crippen LogP contribution in [0.1, 0.15) is 47.8 Å². The minimum absolute atomic E-state index is 0.00251. The first-order valence-corrected chi connectivity index (χ1v) is 11.0. The molecule has 0 spiro atoms. The number of amides is 2. The van der Waals surface area contributed by atoms with E-state index in [-0.39, 0.29) is 12.1 Å². The molecule has 8 nitrogen and oxygen atoms in total. The number of carbonyl (C=O) groups excluding carboxylic acids is 2. The lowest BCUT2D eigenvalue weighted by atomic mass is 10.1. The van der Waals surface area contributed by atoms with Crippen LogP contribution in [-0.4, -0.2) is 56.7 Å². The molecule has 31 heavy (non-hydrogen) atoms. The van der Waals surface area contributed by atoms with Gasteiger partial charge in [0.1, 0.15) is 5.76 Å². The maximum atomic E-state index is 12.8. The lowest BCUT2D eigenvalue weighted by molar-refractivity contribution is 0.0600. The summed E-state index contributed by atoms with van der Waals surface area (Å²) in [6.07, 6.45) is 6.21. The molecular formula is C23H30N4O4. The third-order valence-electron chi connectivity index (χ3n) is 6.02. The Kier molecular flexibility index (Phi) is 6.76. The number of hydrogen-bond acceptors (Lipinski definition) is 6. The van der Waals surface area contributed by atoms with E-state index in [2.05, 4.69) is 20.4 Å². The Balaban J connectivity index is 1.47. The molecule has 3 heterocycles. The molecule has 2 N–H and O–H groups in total. The molecule has 0 bridgehead atoms. The Morgan fingerprint density at radius 1 is 1.10 bits per heavy atom. The molecule has 2 aromatic rings. The van der Waals surface area contributed by atoms with Gasteiger partial charge < -0.3 is 24.7 Å². The van der Waals surface area contributed by atoms with E-state index in [9.17, 15) is 9.59 Å². The van der Waals surface area contributed by atoms with E-state index in [1.54, 1.807) is 18.4 Å². The number of esters is 1. The quantitative estimate of drug-likeness (QED) is 0.658. The van der Waals surface area contributed by atoms with Crippen LogP contribution in [0.15, 0.2) is 41.0 Å². The molecule has 8 heteroatoms. The summed E-state index contributed by atoms with van der Waals surface area (Å²) in [5.41, 5.74) is 1.94. The van der Waals surface area contributed by atoms with Gasteiger partial charge in [-0.3, -0.25) is 4.90 Å². The van der Waals surface area contributed by atoms with E-state index >= 15 is 0 Å². The molecule has 2 aliphatic rings. The number of likely N-dealkylation sites (tertiary alicyclic amines) is 1. The minimum atomic E-state index is -0.427. The molecular weight excluding hydrogens is 396 g/mol. The number of rotatable bonds is 7. The number of urea groups is 1. The highest BCUT2D eigenvalue weighted by Gasteiger charge is 2.26. The highest BCUT2D eigenvalue weighted by Crippen LogP contribution is 2.30. The molecule has 0 aliphatic carbocycles. The fourth-order valence-corrected chi connectivity index (χ4v) is 4.41. The van der Waals surface area contributed by atoms with Gasteiger partial charge in [0.05, 0.1) is 36.4 Å². The molecule has 1 aromatic carbocycles. The van der Waals surface area contributed by atoms with Crippen LogP contribution < -0.4 is 15.5 Å². The van der Waals surface area contributed by atoms with Crippen LogP contribution in [0.5, 0.6) is 0 Å². The Morgan fingerprint density at radius 3 is 2.52 bits per heavy atom. The van der Waals surface area contributed by atoms with Gasteiger partial charge in [0.15, 0.2) is 0 Å². The van der Waals surface area contributed by atoms with E-state index in [1.807, 2.05) is 18.2 Å². The van der Waals surface area contributed by atoms with Crippen LogP contribution in [0.25, 0.3) is 0 Å². The first-order valence-electron chi connectivity index (χ1n) is 11.0. The number of nitrogens with zero attached hydrogens (tertiary/aromatic N) is 2. The highest BCUT2D eigenvalue weighted by molar-refractivity contribution is 5.97. The molecule has 2 amide bonds. The molecule has 2 aliphatic heterocycles. The smallest absolute Gasteiger partial charge is 0.337 e. The van der Waals surface area contributed by atoms with Crippen LogP contribution in [0.2, 0.25) is 0 Å². The minimum Gasteiger partial charge on any atom is -0.468 e. The maximum Gasteiger partial charge on any atom is 0.337 e. The van der Waals surface area contributed by atoms with E-state index in [0.717, 1.165) is 63.3 Å². The summed E-state index contributed by atoms with van der Waals surface area (Å²) in [5.74, 6) is 0.427. The third kappa shape index (κ3) is 5.02. The van der Waals surface area contributed by atoms with Crippen LogP contribution in [-0.2, 0) is 4.74 Å². The molecule has 4 rings (SSSR count). The predicted octanol–water partition coefficient (Wildman–Crippen LogP) is 3.63. The molecule has 0 radical (unpaired) electrons. The average molecular weight is 427 g/mol. The van der Waals surface area contributed by atoms with Crippen molar-refractivity contribution in [2.45, 2.75) is 31.7 Å².